The fraction of sp³-hybridized carbons (Fsp3) is 0.250. The number of Topliss-reactive ketones (excluding diaryl/α,β-unsaturated/α-hetero) is 1. The highest BCUT2D eigenvalue weighted by molar-refractivity contribution is 8.01. The minimum absolute atomic E-state index is 0.0182. The van der Waals surface area contributed by atoms with Gasteiger partial charge in [-0.2, -0.15) is 0 Å². The number of carboxylic acids is 1. The van der Waals surface area contributed by atoms with Gasteiger partial charge in [-0.1, -0.05) is 48.2 Å². The van der Waals surface area contributed by atoms with E-state index in [0.717, 1.165) is 16.5 Å². The maximum absolute atomic E-state index is 12.4. The molecule has 3 aromatic rings. The molecular formula is C20H20N2O3S. The van der Waals surface area contributed by atoms with Crippen molar-refractivity contribution in [1.29, 1.82) is 0 Å². The van der Waals surface area contributed by atoms with E-state index in [-0.39, 0.29) is 18.6 Å². The third-order valence-electron chi connectivity index (χ3n) is 4.22. The Bertz CT molecular complexity index is 957. The molecule has 0 amide bonds. The number of fused-ring (bicyclic) bond motifs is 1. The third-order valence-corrected chi connectivity index (χ3v) is 5.44. The van der Waals surface area contributed by atoms with Crippen molar-refractivity contribution in [1.82, 2.24) is 9.55 Å². The highest BCUT2D eigenvalue weighted by Crippen LogP contribution is 2.35. The van der Waals surface area contributed by atoms with Crippen molar-refractivity contribution in [2.24, 2.45) is 0 Å². The van der Waals surface area contributed by atoms with Crippen molar-refractivity contribution in [3.8, 4) is 5.69 Å². The molecule has 3 rings (SSSR count). The van der Waals surface area contributed by atoms with Gasteiger partial charge in [0.15, 0.2) is 5.16 Å². The second-order valence-corrected chi connectivity index (χ2v) is 8.10. The lowest BCUT2D eigenvalue weighted by Gasteiger charge is -2.22. The molecule has 0 radical (unpaired) electrons. The number of rotatable bonds is 7. The van der Waals surface area contributed by atoms with Crippen LogP contribution in [-0.4, -0.2) is 31.2 Å². The highest BCUT2D eigenvalue weighted by Gasteiger charge is 2.30. The van der Waals surface area contributed by atoms with Gasteiger partial charge in [-0.05, 0) is 25.3 Å². The monoisotopic (exact) mass is 368 g/mol. The first-order valence-corrected chi connectivity index (χ1v) is 9.16. The Labute approximate surface area is 156 Å². The van der Waals surface area contributed by atoms with Crippen LogP contribution in [0.3, 0.4) is 0 Å². The lowest BCUT2D eigenvalue weighted by molar-refractivity contribution is -0.138. The average Bonchev–Trinajstić information content (AvgIpc) is 3.06. The zero-order valence-electron chi connectivity index (χ0n) is 14.7. The molecule has 1 heterocycles. The Balaban J connectivity index is 1.91. The van der Waals surface area contributed by atoms with E-state index in [1.165, 1.54) is 11.8 Å². The van der Waals surface area contributed by atoms with Gasteiger partial charge in [-0.15, -0.1) is 0 Å². The number of thioether (sulfide) groups is 1. The van der Waals surface area contributed by atoms with E-state index in [4.69, 9.17) is 5.11 Å². The largest absolute Gasteiger partial charge is 0.481 e. The fourth-order valence-corrected chi connectivity index (χ4v) is 3.82. The number of ketones is 1. The van der Waals surface area contributed by atoms with Gasteiger partial charge in [0, 0.05) is 24.2 Å². The molecule has 0 aliphatic heterocycles. The van der Waals surface area contributed by atoms with Crippen molar-refractivity contribution in [2.45, 2.75) is 36.6 Å². The number of aromatic nitrogens is 2. The van der Waals surface area contributed by atoms with Gasteiger partial charge in [-0.3, -0.25) is 14.2 Å². The topological polar surface area (TPSA) is 72.2 Å². The number of carbonyl (C=O) groups is 2. The number of hydrogen-bond acceptors (Lipinski definition) is 4. The highest BCUT2D eigenvalue weighted by atomic mass is 32.2. The first-order valence-electron chi connectivity index (χ1n) is 8.34. The summed E-state index contributed by atoms with van der Waals surface area (Å²) in [5, 5.41) is 11.7. The number of imidazole rings is 1. The second kappa shape index (κ2) is 7.33. The van der Waals surface area contributed by atoms with Crippen molar-refractivity contribution < 1.29 is 14.7 Å². The van der Waals surface area contributed by atoms with Crippen LogP contribution >= 0.6 is 11.8 Å². The summed E-state index contributed by atoms with van der Waals surface area (Å²) >= 11 is 1.35. The Morgan fingerprint density at radius 1 is 1.12 bits per heavy atom. The Kier molecular flexibility index (Phi) is 5.13. The van der Waals surface area contributed by atoms with E-state index >= 15 is 0 Å². The van der Waals surface area contributed by atoms with E-state index in [1.807, 2.05) is 48.9 Å². The van der Waals surface area contributed by atoms with Crippen molar-refractivity contribution >= 4 is 34.3 Å². The number of carbonyl (C=O) groups excluding carboxylic acids is 1. The van der Waals surface area contributed by atoms with Gasteiger partial charge in [0.25, 0.3) is 0 Å². The SMILES string of the molecule is CC(C)(Sc1nccn1-c1cccc2ccccc12)C(=O)CCC(=O)O. The summed E-state index contributed by atoms with van der Waals surface area (Å²) < 4.78 is 1.21. The normalized spacial score (nSPS) is 11.6. The maximum atomic E-state index is 12.4. The molecule has 0 atom stereocenters. The molecule has 1 N–H and O–H groups in total. The molecule has 0 spiro atoms. The molecule has 0 saturated heterocycles. The van der Waals surface area contributed by atoms with Crippen LogP contribution in [0.5, 0.6) is 0 Å². The minimum Gasteiger partial charge on any atom is -0.481 e. The number of nitrogens with zero attached hydrogens (tertiary/aromatic N) is 2. The summed E-state index contributed by atoms with van der Waals surface area (Å²) in [7, 11) is 0. The Morgan fingerprint density at radius 2 is 1.85 bits per heavy atom. The lowest BCUT2D eigenvalue weighted by Crippen LogP contribution is -2.28. The van der Waals surface area contributed by atoms with Gasteiger partial charge < -0.3 is 5.11 Å². The van der Waals surface area contributed by atoms with E-state index in [9.17, 15) is 9.59 Å². The van der Waals surface area contributed by atoms with E-state index in [2.05, 4.69) is 23.2 Å². The van der Waals surface area contributed by atoms with Crippen LogP contribution in [0.2, 0.25) is 0 Å². The molecule has 0 aliphatic carbocycles. The van der Waals surface area contributed by atoms with Gasteiger partial charge in [0.2, 0.25) is 0 Å². The zero-order valence-corrected chi connectivity index (χ0v) is 15.5. The van der Waals surface area contributed by atoms with E-state index < -0.39 is 10.7 Å². The predicted molar refractivity (Wildman–Crippen MR) is 103 cm³/mol. The zero-order chi connectivity index (χ0) is 18.7. The van der Waals surface area contributed by atoms with Crippen LogP contribution in [0.1, 0.15) is 26.7 Å². The Morgan fingerprint density at radius 3 is 2.62 bits per heavy atom. The number of carboxylic acid groups (broad SMARTS) is 1. The Hall–Kier alpha value is -2.60. The average molecular weight is 368 g/mol. The van der Waals surface area contributed by atoms with Crippen LogP contribution in [0.25, 0.3) is 16.5 Å². The molecular weight excluding hydrogens is 348 g/mol. The van der Waals surface area contributed by atoms with E-state index in [1.54, 1.807) is 6.20 Å². The summed E-state index contributed by atoms with van der Waals surface area (Å²) in [4.78, 5) is 27.6. The summed E-state index contributed by atoms with van der Waals surface area (Å²) in [5.74, 6) is -1.06. The molecule has 6 heteroatoms. The van der Waals surface area contributed by atoms with Gasteiger partial charge in [-0.25, -0.2) is 4.98 Å². The van der Waals surface area contributed by atoms with Crippen LogP contribution in [0.4, 0.5) is 0 Å². The molecule has 0 aliphatic rings. The molecule has 0 bridgehead atoms. The van der Waals surface area contributed by atoms with Gasteiger partial charge >= 0.3 is 5.97 Å². The number of aliphatic carboxylic acids is 1. The van der Waals surface area contributed by atoms with Crippen molar-refractivity contribution in [2.75, 3.05) is 0 Å². The van der Waals surface area contributed by atoms with Crippen LogP contribution in [0, 0.1) is 0 Å². The van der Waals surface area contributed by atoms with Crippen LogP contribution in [-0.2, 0) is 9.59 Å². The molecule has 26 heavy (non-hydrogen) atoms. The lowest BCUT2D eigenvalue weighted by atomic mass is 10.0. The summed E-state index contributed by atoms with van der Waals surface area (Å²) in [6, 6.07) is 14.2. The molecule has 134 valence electrons. The van der Waals surface area contributed by atoms with Crippen molar-refractivity contribution in [3.63, 3.8) is 0 Å². The molecule has 0 saturated carbocycles. The quantitative estimate of drug-likeness (QED) is 0.629. The second-order valence-electron chi connectivity index (χ2n) is 6.51. The molecule has 1 aromatic heterocycles. The van der Waals surface area contributed by atoms with Crippen LogP contribution < -0.4 is 0 Å². The first-order chi connectivity index (χ1) is 12.4. The smallest absolute Gasteiger partial charge is 0.303 e. The number of benzene rings is 2. The van der Waals surface area contributed by atoms with E-state index in [0.29, 0.717) is 5.16 Å². The summed E-state index contributed by atoms with van der Waals surface area (Å²) in [5.41, 5.74) is 0.997. The predicted octanol–water partition coefficient (Wildman–Crippen LogP) is 4.33. The molecule has 0 unspecified atom stereocenters. The summed E-state index contributed by atoms with van der Waals surface area (Å²) in [6.45, 7) is 3.62. The molecule has 2 aromatic carbocycles. The first kappa shape index (κ1) is 18.2. The van der Waals surface area contributed by atoms with Crippen LogP contribution in [0.15, 0.2) is 60.0 Å². The standard InChI is InChI=1S/C20H20N2O3S/c1-20(2,17(23)10-11-18(24)25)26-19-21-12-13-22(19)16-9-5-7-14-6-3-4-8-15(14)16/h3-9,12-13H,10-11H2,1-2H3,(H,24,25). The van der Waals surface area contributed by atoms with Crippen molar-refractivity contribution in [3.05, 3.63) is 54.9 Å². The molecule has 0 fully saturated rings. The minimum atomic E-state index is -0.962. The summed E-state index contributed by atoms with van der Waals surface area (Å²) in [6.07, 6.45) is 3.45. The third kappa shape index (κ3) is 3.80. The number of hydrogen-bond donors (Lipinski definition) is 1. The van der Waals surface area contributed by atoms with Gasteiger partial charge in [0.1, 0.15) is 5.78 Å². The fourth-order valence-electron chi connectivity index (χ4n) is 2.77. The maximum Gasteiger partial charge on any atom is 0.303 e. The molecule has 5 nitrogen and oxygen atoms in total. The van der Waals surface area contributed by atoms with Gasteiger partial charge in [0.05, 0.1) is 16.9 Å².